The van der Waals surface area contributed by atoms with Crippen molar-refractivity contribution < 1.29 is 68.1 Å². The molecule has 4 aromatic carbocycles. The summed E-state index contributed by atoms with van der Waals surface area (Å²) in [7, 11) is -7.30. The Morgan fingerprint density at radius 3 is 1.20 bits per heavy atom. The average molecular weight is 1070 g/mol. The van der Waals surface area contributed by atoms with Gasteiger partial charge in [0.25, 0.3) is 0 Å². The molecule has 0 atom stereocenters. The molecular weight excluding hydrogens is 1010 g/mol. The highest BCUT2D eigenvalue weighted by atomic mass is 32.2. The van der Waals surface area contributed by atoms with Gasteiger partial charge < -0.3 is 38.5 Å². The minimum absolute atomic E-state index is 0.0156. The molecule has 0 aliphatic carbocycles. The molecule has 4 amide bonds. The van der Waals surface area contributed by atoms with E-state index in [9.17, 15) is 49.2 Å². The molecule has 0 N–H and O–H groups in total. The standard InChI is InChI=1S/C27H36N2O6S.C26H31F3N2O6S/c1-5-28(6-2)26(30)34-24-17-16-23(21-25(24)35-27(31)29(7-3)8-4)18-20-36(32,33)19-12-15-22-13-10-9-11-14-22;1-5-30(6-2)24(32)36-22-14-11-19(17-23(22)37-25(33)31(7-3)8-4)15-16-38(34,35)18-20-9-12-21(13-10-20)26(27,28)29/h9-11,13-14,16-18,20-21H,5-8,12,15,19H2,1-4H3;9-17H,5-8,18H2,1-4H3/b20-18+;16-15+. The molecule has 74 heavy (non-hydrogen) atoms. The van der Waals surface area contributed by atoms with Crippen molar-refractivity contribution in [3.05, 3.63) is 130 Å². The number of ether oxygens (including phenoxy) is 4. The number of nitrogens with zero attached hydrogens (tertiary/aromatic N) is 4. The van der Waals surface area contributed by atoms with Crippen molar-refractivity contribution in [3.8, 4) is 23.0 Å². The monoisotopic (exact) mass is 1070 g/mol. The van der Waals surface area contributed by atoms with Crippen LogP contribution in [0.15, 0.2) is 102 Å². The van der Waals surface area contributed by atoms with E-state index in [1.54, 1.807) is 33.8 Å². The molecule has 404 valence electrons. The lowest BCUT2D eigenvalue weighted by atomic mass is 10.1. The second-order valence-electron chi connectivity index (χ2n) is 16.1. The fourth-order valence-electron chi connectivity index (χ4n) is 6.77. The summed E-state index contributed by atoms with van der Waals surface area (Å²) in [6, 6.07) is 22.4. The van der Waals surface area contributed by atoms with Gasteiger partial charge in [0.1, 0.15) is 0 Å². The normalized spacial score (nSPS) is 11.6. The van der Waals surface area contributed by atoms with Gasteiger partial charge in [-0.05, 0) is 139 Å². The predicted octanol–water partition coefficient (Wildman–Crippen LogP) is 11.4. The summed E-state index contributed by atoms with van der Waals surface area (Å²) in [5.41, 5.74) is 1.22. The molecule has 4 rings (SSSR count). The molecule has 0 saturated heterocycles. The van der Waals surface area contributed by atoms with E-state index in [4.69, 9.17) is 18.9 Å². The maximum Gasteiger partial charge on any atom is 0.416 e. The Kier molecular flexibility index (Phi) is 24.7. The number of carbonyl (C=O) groups is 4. The molecule has 0 heterocycles. The lowest BCUT2D eigenvalue weighted by Gasteiger charge is -2.21. The maximum atomic E-state index is 12.7. The first-order valence-electron chi connectivity index (χ1n) is 24.2. The molecule has 0 bridgehead atoms. The number of aryl methyl sites for hydroxylation is 1. The van der Waals surface area contributed by atoms with Crippen LogP contribution in [-0.4, -0.2) is 119 Å². The number of hydrogen-bond donors (Lipinski definition) is 0. The molecule has 16 nitrogen and oxygen atoms in total. The fraction of sp³-hybridized carbons (Fsp3) is 0.396. The van der Waals surface area contributed by atoms with Crippen LogP contribution in [0.1, 0.15) is 89.6 Å². The van der Waals surface area contributed by atoms with Gasteiger partial charge in [-0.2, -0.15) is 13.2 Å². The van der Waals surface area contributed by atoms with E-state index in [1.807, 2.05) is 58.0 Å². The summed E-state index contributed by atoms with van der Waals surface area (Å²) in [6.07, 6.45) is -3.11. The first kappa shape index (κ1) is 61.4. The number of benzene rings is 4. The molecule has 0 saturated carbocycles. The van der Waals surface area contributed by atoms with E-state index >= 15 is 0 Å². The van der Waals surface area contributed by atoms with Crippen LogP contribution in [0.3, 0.4) is 0 Å². The zero-order chi connectivity index (χ0) is 55.1. The number of carbonyl (C=O) groups excluding carboxylic acids is 4. The van der Waals surface area contributed by atoms with E-state index < -0.39 is 61.5 Å². The van der Waals surface area contributed by atoms with Gasteiger partial charge in [0.05, 0.1) is 17.1 Å². The third-order valence-corrected chi connectivity index (χ3v) is 13.8. The third kappa shape index (κ3) is 20.2. The molecule has 0 fully saturated rings. The van der Waals surface area contributed by atoms with Crippen molar-refractivity contribution in [2.45, 2.75) is 80.2 Å². The first-order valence-corrected chi connectivity index (χ1v) is 27.7. The van der Waals surface area contributed by atoms with Crippen molar-refractivity contribution in [2.75, 3.05) is 58.1 Å². The molecule has 0 radical (unpaired) electrons. The van der Waals surface area contributed by atoms with Crippen LogP contribution in [0.25, 0.3) is 12.2 Å². The van der Waals surface area contributed by atoms with Gasteiger partial charge in [0.2, 0.25) is 0 Å². The Hall–Kier alpha value is -6.87. The van der Waals surface area contributed by atoms with Crippen molar-refractivity contribution in [1.82, 2.24) is 19.6 Å². The Labute approximate surface area is 433 Å². The van der Waals surface area contributed by atoms with E-state index in [0.29, 0.717) is 76.3 Å². The van der Waals surface area contributed by atoms with Crippen LogP contribution in [-0.2, 0) is 38.0 Å². The Morgan fingerprint density at radius 2 is 0.838 bits per heavy atom. The average Bonchev–Trinajstić information content (AvgIpc) is 3.36. The highest BCUT2D eigenvalue weighted by Gasteiger charge is 2.30. The minimum atomic E-state index is -4.52. The third-order valence-electron chi connectivity index (χ3n) is 11.1. The number of hydrogen-bond acceptors (Lipinski definition) is 12. The van der Waals surface area contributed by atoms with Crippen LogP contribution < -0.4 is 18.9 Å². The van der Waals surface area contributed by atoms with Gasteiger partial charge in [-0.25, -0.2) is 36.0 Å². The van der Waals surface area contributed by atoms with Crippen LogP contribution in [0.5, 0.6) is 23.0 Å². The number of alkyl halides is 3. The first-order chi connectivity index (χ1) is 35.0. The Balaban J connectivity index is 0.000000391. The number of halogens is 3. The molecule has 0 aliphatic heterocycles. The zero-order valence-corrected chi connectivity index (χ0v) is 44.7. The number of rotatable bonds is 22. The van der Waals surface area contributed by atoms with Gasteiger partial charge in [-0.15, -0.1) is 0 Å². The highest BCUT2D eigenvalue weighted by molar-refractivity contribution is 7.94. The molecule has 0 unspecified atom stereocenters. The lowest BCUT2D eigenvalue weighted by molar-refractivity contribution is -0.137. The van der Waals surface area contributed by atoms with Crippen LogP contribution >= 0.6 is 0 Å². The largest absolute Gasteiger partial charge is 0.416 e. The summed E-state index contributed by atoms with van der Waals surface area (Å²) >= 11 is 0. The van der Waals surface area contributed by atoms with Crippen LogP contribution in [0.2, 0.25) is 0 Å². The predicted molar refractivity (Wildman–Crippen MR) is 279 cm³/mol. The van der Waals surface area contributed by atoms with Crippen molar-refractivity contribution >= 4 is 56.2 Å². The fourth-order valence-corrected chi connectivity index (χ4v) is 8.94. The van der Waals surface area contributed by atoms with E-state index in [2.05, 4.69) is 0 Å². The molecule has 0 aliphatic rings. The summed E-state index contributed by atoms with van der Waals surface area (Å²) in [5, 5.41) is 2.07. The van der Waals surface area contributed by atoms with Crippen molar-refractivity contribution in [1.29, 1.82) is 0 Å². The molecule has 4 aromatic rings. The highest BCUT2D eigenvalue weighted by Crippen LogP contribution is 2.33. The van der Waals surface area contributed by atoms with Gasteiger partial charge in [-0.1, -0.05) is 54.6 Å². The SMILES string of the molecule is CCN(CC)C(=O)Oc1ccc(/C=C/S(=O)(=O)CCCc2ccccc2)cc1OC(=O)N(CC)CC.CCN(CC)C(=O)Oc1ccc(/C=C/S(=O)(=O)Cc2ccc(C(F)(F)F)cc2)cc1OC(=O)N(CC)CC. The Morgan fingerprint density at radius 1 is 0.473 bits per heavy atom. The maximum absolute atomic E-state index is 12.7. The van der Waals surface area contributed by atoms with E-state index in [1.165, 1.54) is 62.1 Å². The van der Waals surface area contributed by atoms with Gasteiger partial charge in [0, 0.05) is 63.2 Å². The van der Waals surface area contributed by atoms with Crippen LogP contribution in [0.4, 0.5) is 32.3 Å². The smallest absolute Gasteiger partial charge is 0.406 e. The molecular formula is C53H67F3N4O12S2. The number of amides is 4. The minimum Gasteiger partial charge on any atom is -0.406 e. The van der Waals surface area contributed by atoms with Gasteiger partial charge in [0.15, 0.2) is 42.7 Å². The summed E-state index contributed by atoms with van der Waals surface area (Å²) < 4.78 is 110. The quantitative estimate of drug-likeness (QED) is 0.0726. The summed E-state index contributed by atoms with van der Waals surface area (Å²) in [4.78, 5) is 55.8. The second-order valence-corrected chi connectivity index (χ2v) is 20.0. The van der Waals surface area contributed by atoms with E-state index in [-0.39, 0.29) is 34.3 Å². The van der Waals surface area contributed by atoms with Gasteiger partial charge >= 0.3 is 30.5 Å². The van der Waals surface area contributed by atoms with Crippen molar-refractivity contribution in [2.24, 2.45) is 0 Å². The summed E-state index contributed by atoms with van der Waals surface area (Å²) in [5.74, 6) is -0.476. The second kappa shape index (κ2) is 29.7. The topological polar surface area (TPSA) is 186 Å². The van der Waals surface area contributed by atoms with Crippen LogP contribution in [0, 0.1) is 0 Å². The van der Waals surface area contributed by atoms with Crippen molar-refractivity contribution in [3.63, 3.8) is 0 Å². The molecule has 21 heteroatoms. The lowest BCUT2D eigenvalue weighted by Crippen LogP contribution is -2.34. The number of sulfone groups is 2. The molecule has 0 spiro atoms. The molecule has 0 aromatic heterocycles. The van der Waals surface area contributed by atoms with E-state index in [0.717, 1.165) is 40.6 Å². The van der Waals surface area contributed by atoms with Gasteiger partial charge in [-0.3, -0.25) is 0 Å². The summed E-state index contributed by atoms with van der Waals surface area (Å²) in [6.45, 7) is 17.8. The zero-order valence-electron chi connectivity index (χ0n) is 43.1. The Bertz CT molecular complexity index is 2740.